The fourth-order valence-corrected chi connectivity index (χ4v) is 3.64. The summed E-state index contributed by atoms with van der Waals surface area (Å²) in [6, 6.07) is 0. The summed E-state index contributed by atoms with van der Waals surface area (Å²) in [5.74, 6) is -2.88. The van der Waals surface area contributed by atoms with Crippen LogP contribution in [0.3, 0.4) is 0 Å². The van der Waals surface area contributed by atoms with Crippen molar-refractivity contribution in [3.8, 4) is 0 Å². The fourth-order valence-electron chi connectivity index (χ4n) is 3.51. The minimum absolute atomic E-state index is 0. The molecule has 0 aromatic carbocycles. The first-order chi connectivity index (χ1) is 16.3. The van der Waals surface area contributed by atoms with Crippen LogP contribution in [-0.4, -0.2) is 148 Å². The molecule has 0 bridgehead atoms. The van der Waals surface area contributed by atoms with Gasteiger partial charge in [0.25, 0.3) is 0 Å². The zero-order valence-electron chi connectivity index (χ0n) is 20.1. The van der Waals surface area contributed by atoms with E-state index in [4.69, 9.17) is 9.47 Å². The van der Waals surface area contributed by atoms with Gasteiger partial charge in [0.15, 0.2) is 0 Å². The molecule has 0 saturated carbocycles. The number of aliphatic carboxylic acids is 3. The number of hydrogen-bond acceptors (Lipinski definition) is 13. The van der Waals surface area contributed by atoms with Crippen LogP contribution >= 0.6 is 12.6 Å². The van der Waals surface area contributed by atoms with Crippen molar-refractivity contribution in [3.63, 3.8) is 0 Å². The Kier molecular flexibility index (Phi) is 21.8. The number of carboxylic acids is 3. The average molecular weight is 663 g/mol. The molecule has 0 aromatic heterocycles. The smallest absolute Gasteiger partial charge is 0.549 e. The van der Waals surface area contributed by atoms with Crippen molar-refractivity contribution in [2.45, 2.75) is 6.42 Å². The van der Waals surface area contributed by atoms with E-state index in [0.717, 1.165) is 12.2 Å². The maximum absolute atomic E-state index is 11.2. The Labute approximate surface area is 245 Å². The van der Waals surface area contributed by atoms with Gasteiger partial charge in [-0.05, 0) is 12.2 Å². The van der Waals surface area contributed by atoms with E-state index in [1.54, 1.807) is 14.7 Å². The molecule has 0 amide bonds. The molecule has 1 heterocycles. The van der Waals surface area contributed by atoms with Crippen molar-refractivity contribution in [2.75, 3.05) is 111 Å². The molecule has 1 fully saturated rings. The molecule has 35 heavy (non-hydrogen) atoms. The van der Waals surface area contributed by atoms with Crippen molar-refractivity contribution in [3.05, 3.63) is 0 Å². The van der Waals surface area contributed by atoms with E-state index >= 15 is 0 Å². The summed E-state index contributed by atoms with van der Waals surface area (Å²) >= 11 is 4.12. The predicted molar refractivity (Wildman–Crippen MR) is 121 cm³/mol. The number of carboxylic acid groups (broad SMARTS) is 3. The summed E-state index contributed by atoms with van der Waals surface area (Å²) in [4.78, 5) is 40.6. The van der Waals surface area contributed by atoms with Crippen LogP contribution in [0.1, 0.15) is 6.42 Å². The topological polar surface area (TPSA) is 152 Å². The first kappa shape index (κ1) is 34.8. The van der Waals surface area contributed by atoms with Gasteiger partial charge in [-0.1, -0.05) is 0 Å². The van der Waals surface area contributed by atoms with Crippen molar-refractivity contribution >= 4 is 30.5 Å². The van der Waals surface area contributed by atoms with Crippen LogP contribution < -0.4 is 15.3 Å². The molecule has 1 aliphatic rings. The Morgan fingerprint density at radius 3 is 1.29 bits per heavy atom. The van der Waals surface area contributed by atoms with E-state index in [9.17, 15) is 29.7 Å². The molecule has 0 atom stereocenters. The standard InChI is InChI=1S/C21H40N4O8S.Gd/c26-19(27)16-23-4-2-22(10-12-33-14-13-32-11-1-15-34)3-5-24(17-20(28)29)7-9-25(8-6-23)18-21(30)31;/h34H,1-18H2,(H,26,27)(H,28,29)(H,30,31);/q;+3/p-3. The molecule has 14 heteroatoms. The maximum atomic E-state index is 11.2. The van der Waals surface area contributed by atoms with Gasteiger partial charge in [-0.25, -0.2) is 0 Å². The molecule has 0 spiro atoms. The van der Waals surface area contributed by atoms with Gasteiger partial charge in [0, 0.05) is 85.1 Å². The Morgan fingerprint density at radius 2 is 0.943 bits per heavy atom. The van der Waals surface area contributed by atoms with Crippen LogP contribution in [-0.2, 0) is 23.9 Å². The van der Waals surface area contributed by atoms with Gasteiger partial charge in [0.2, 0.25) is 0 Å². The third-order valence-electron chi connectivity index (χ3n) is 5.36. The van der Waals surface area contributed by atoms with Crippen molar-refractivity contribution in [1.82, 2.24) is 19.6 Å². The van der Waals surface area contributed by atoms with Gasteiger partial charge in [0.1, 0.15) is 0 Å². The van der Waals surface area contributed by atoms with E-state index in [1.807, 2.05) is 0 Å². The molecular weight excluding hydrogens is 626 g/mol. The third kappa shape index (κ3) is 19.6. The van der Waals surface area contributed by atoms with E-state index in [-0.39, 0.29) is 59.6 Å². The van der Waals surface area contributed by atoms with Crippen LogP contribution in [0.5, 0.6) is 0 Å². The molecule has 1 radical (unpaired) electrons. The van der Waals surface area contributed by atoms with Crippen molar-refractivity contribution < 1.29 is 79.1 Å². The molecule has 203 valence electrons. The number of rotatable bonds is 15. The molecule has 0 N–H and O–H groups in total. The molecular formula is C21H37GdN4O8S. The van der Waals surface area contributed by atoms with Gasteiger partial charge >= 0.3 is 39.9 Å². The molecule has 1 saturated heterocycles. The second kappa shape index (κ2) is 21.9. The summed E-state index contributed by atoms with van der Waals surface area (Å²) in [7, 11) is 0. The normalized spacial score (nSPS) is 17.7. The number of hydrogen-bond donors (Lipinski definition) is 1. The van der Waals surface area contributed by atoms with Crippen molar-refractivity contribution in [1.29, 1.82) is 0 Å². The Bertz CT molecular complexity index is 576. The van der Waals surface area contributed by atoms with E-state index < -0.39 is 17.9 Å². The monoisotopic (exact) mass is 663 g/mol. The number of thiol groups is 1. The Hall–Kier alpha value is -0.155. The zero-order chi connectivity index (χ0) is 25.2. The van der Waals surface area contributed by atoms with Gasteiger partial charge in [-0.3, -0.25) is 19.6 Å². The Balaban J connectivity index is 0.0000116. The summed E-state index contributed by atoms with van der Waals surface area (Å²) in [6.45, 7) is 5.00. The second-order valence-corrected chi connectivity index (χ2v) is 8.54. The van der Waals surface area contributed by atoms with Crippen LogP contribution in [0, 0.1) is 39.9 Å². The molecule has 12 nitrogen and oxygen atoms in total. The van der Waals surface area contributed by atoms with Gasteiger partial charge in [-0.15, -0.1) is 0 Å². The van der Waals surface area contributed by atoms with E-state index in [2.05, 4.69) is 17.5 Å². The zero-order valence-corrected chi connectivity index (χ0v) is 23.2. The third-order valence-corrected chi connectivity index (χ3v) is 5.67. The quantitative estimate of drug-likeness (QED) is 0.132. The second-order valence-electron chi connectivity index (χ2n) is 8.09. The van der Waals surface area contributed by atoms with Gasteiger partial charge in [-0.2, -0.15) is 12.6 Å². The SMILES string of the molecule is O=C([O-])CN1CCN(CCOCCOCCCS)CCN(CC(=O)[O-])CCN(CC(=O)[O-])CC1.[Gd+3]. The van der Waals surface area contributed by atoms with E-state index in [0.29, 0.717) is 85.3 Å². The summed E-state index contributed by atoms with van der Waals surface area (Å²) < 4.78 is 11.1. The minimum atomic E-state index is -1.25. The molecule has 0 unspecified atom stereocenters. The number of ether oxygens (including phenoxy) is 2. The molecule has 1 aliphatic heterocycles. The van der Waals surface area contributed by atoms with Crippen LogP contribution in [0.15, 0.2) is 0 Å². The van der Waals surface area contributed by atoms with Crippen molar-refractivity contribution in [2.24, 2.45) is 0 Å². The molecule has 0 aliphatic carbocycles. The number of carbonyl (C=O) groups is 3. The summed E-state index contributed by atoms with van der Waals surface area (Å²) in [5.41, 5.74) is 0. The largest absolute Gasteiger partial charge is 3.00 e. The minimum Gasteiger partial charge on any atom is -0.549 e. The first-order valence-electron chi connectivity index (χ1n) is 11.6. The summed E-state index contributed by atoms with van der Waals surface area (Å²) in [6.07, 6.45) is 0.882. The maximum Gasteiger partial charge on any atom is 3.00 e. The van der Waals surface area contributed by atoms with Crippen LogP contribution in [0.2, 0.25) is 0 Å². The van der Waals surface area contributed by atoms with Crippen LogP contribution in [0.4, 0.5) is 0 Å². The summed E-state index contributed by atoms with van der Waals surface area (Å²) in [5, 5.41) is 33.5. The molecule has 1 rings (SSSR count). The molecule has 0 aromatic rings. The predicted octanol–water partition coefficient (Wildman–Crippen LogP) is -5.19. The van der Waals surface area contributed by atoms with E-state index in [1.165, 1.54) is 0 Å². The van der Waals surface area contributed by atoms with Crippen LogP contribution in [0.25, 0.3) is 0 Å². The number of nitrogens with zero attached hydrogens (tertiary/aromatic N) is 4. The Morgan fingerprint density at radius 1 is 0.600 bits per heavy atom. The fraction of sp³-hybridized carbons (Fsp3) is 0.857. The van der Waals surface area contributed by atoms with Gasteiger partial charge in [0.05, 0.1) is 37.7 Å². The van der Waals surface area contributed by atoms with Gasteiger partial charge < -0.3 is 39.2 Å². The number of carbonyl (C=O) groups excluding carboxylic acids is 3. The first-order valence-corrected chi connectivity index (χ1v) is 12.2. The average Bonchev–Trinajstić information content (AvgIpc) is 2.75.